The molecule has 0 bridgehead atoms. The Morgan fingerprint density at radius 2 is 2.20 bits per heavy atom. The van der Waals surface area contributed by atoms with Crippen LogP contribution >= 0.6 is 0 Å². The molecule has 0 aromatic rings. The van der Waals surface area contributed by atoms with E-state index < -0.39 is 6.09 Å². The fourth-order valence-electron chi connectivity index (χ4n) is 1.25. The summed E-state index contributed by atoms with van der Waals surface area (Å²) < 4.78 is 5.24. The molecule has 5 nitrogen and oxygen atoms in total. The van der Waals surface area contributed by atoms with Crippen molar-refractivity contribution in [3.05, 3.63) is 0 Å². The lowest BCUT2D eigenvalue weighted by Crippen LogP contribution is -2.45. The van der Waals surface area contributed by atoms with Gasteiger partial charge in [0.2, 0.25) is 0 Å². The fourth-order valence-corrected chi connectivity index (χ4v) is 1.25. The van der Waals surface area contributed by atoms with Crippen molar-refractivity contribution >= 4 is 6.09 Å². The third-order valence-corrected chi connectivity index (χ3v) is 1.93. The molecule has 1 saturated heterocycles. The van der Waals surface area contributed by atoms with Gasteiger partial charge >= 0.3 is 6.09 Å². The summed E-state index contributed by atoms with van der Waals surface area (Å²) in [5, 5.41) is 2.74. The maximum absolute atomic E-state index is 11.3. The molecule has 0 radical (unpaired) electrons. The molecule has 15 heavy (non-hydrogen) atoms. The number of rotatable bonds is 2. The van der Waals surface area contributed by atoms with Crippen LogP contribution in [0.4, 0.5) is 4.79 Å². The van der Waals surface area contributed by atoms with Crippen molar-refractivity contribution in [2.45, 2.75) is 45.2 Å². The minimum absolute atomic E-state index is 0.0769. The number of hydroxylamine groups is 1. The van der Waals surface area contributed by atoms with E-state index in [9.17, 15) is 4.79 Å². The second kappa shape index (κ2) is 5.32. The zero-order chi connectivity index (χ0) is 11.3. The number of nitrogens with one attached hydrogen (secondary N) is 2. The number of hydrogen-bond acceptors (Lipinski definition) is 4. The van der Waals surface area contributed by atoms with Crippen molar-refractivity contribution in [1.82, 2.24) is 10.8 Å². The highest BCUT2D eigenvalue weighted by atomic mass is 16.7. The molecule has 2 N–H and O–H groups in total. The van der Waals surface area contributed by atoms with Crippen molar-refractivity contribution in [3.63, 3.8) is 0 Å². The van der Waals surface area contributed by atoms with Crippen LogP contribution in [0.2, 0.25) is 0 Å². The van der Waals surface area contributed by atoms with E-state index in [1.54, 1.807) is 0 Å². The van der Waals surface area contributed by atoms with Crippen molar-refractivity contribution in [2.24, 2.45) is 0 Å². The summed E-state index contributed by atoms with van der Waals surface area (Å²) in [7, 11) is 0. The Bertz CT molecular complexity index is 207. The molecule has 0 aromatic heterocycles. The van der Waals surface area contributed by atoms with Crippen molar-refractivity contribution in [2.75, 3.05) is 13.2 Å². The maximum atomic E-state index is 11.3. The lowest BCUT2D eigenvalue weighted by atomic mass is 10.1. The minimum atomic E-state index is -0.444. The van der Waals surface area contributed by atoms with E-state index in [2.05, 4.69) is 10.8 Å². The van der Waals surface area contributed by atoms with Crippen molar-refractivity contribution in [3.8, 4) is 0 Å². The molecule has 1 heterocycles. The average Bonchev–Trinajstić information content (AvgIpc) is 2.15. The number of hydrogen-bond donors (Lipinski definition) is 2. The van der Waals surface area contributed by atoms with Gasteiger partial charge in [0.05, 0.1) is 12.6 Å². The van der Waals surface area contributed by atoms with E-state index in [1.165, 1.54) is 0 Å². The second-order valence-electron chi connectivity index (χ2n) is 4.80. The minimum Gasteiger partial charge on any atom is -0.379 e. The molecule has 88 valence electrons. The standard InChI is InChI=1S/C10H20N2O3/c1-10(2,3)12-15-9(13)11-8-5-4-6-14-7-8/h8,12H,4-7H2,1-3H3,(H,11,13). The van der Waals surface area contributed by atoms with Crippen LogP contribution in [0.25, 0.3) is 0 Å². The SMILES string of the molecule is CC(C)(C)NOC(=O)NC1CCCOC1. The number of ether oxygens (including phenoxy) is 1. The molecule has 1 amide bonds. The van der Waals surface area contributed by atoms with Crippen molar-refractivity contribution < 1.29 is 14.4 Å². The fraction of sp³-hybridized carbons (Fsp3) is 0.900. The largest absolute Gasteiger partial charge is 0.426 e. The predicted molar refractivity (Wildman–Crippen MR) is 56.3 cm³/mol. The van der Waals surface area contributed by atoms with Crippen LogP contribution in [0.1, 0.15) is 33.6 Å². The molecule has 1 atom stereocenters. The molecule has 0 saturated carbocycles. The average molecular weight is 216 g/mol. The van der Waals surface area contributed by atoms with Gasteiger partial charge in [-0.3, -0.25) is 0 Å². The summed E-state index contributed by atoms with van der Waals surface area (Å²) in [6.45, 7) is 7.12. The summed E-state index contributed by atoms with van der Waals surface area (Å²) >= 11 is 0. The molecule has 0 aliphatic carbocycles. The highest BCUT2D eigenvalue weighted by molar-refractivity contribution is 5.67. The zero-order valence-electron chi connectivity index (χ0n) is 9.63. The van der Waals surface area contributed by atoms with Crippen LogP contribution in [0.15, 0.2) is 0 Å². The molecular weight excluding hydrogens is 196 g/mol. The van der Waals surface area contributed by atoms with Gasteiger partial charge in [0.15, 0.2) is 0 Å². The van der Waals surface area contributed by atoms with Crippen molar-refractivity contribution in [1.29, 1.82) is 0 Å². The second-order valence-corrected chi connectivity index (χ2v) is 4.80. The van der Waals surface area contributed by atoms with Crippen LogP contribution in [0, 0.1) is 0 Å². The summed E-state index contributed by atoms with van der Waals surface area (Å²) in [5.41, 5.74) is 2.42. The summed E-state index contributed by atoms with van der Waals surface area (Å²) in [6.07, 6.45) is 1.49. The van der Waals surface area contributed by atoms with E-state index >= 15 is 0 Å². The number of carbonyl (C=O) groups is 1. The molecule has 1 aliphatic heterocycles. The van der Waals surface area contributed by atoms with Gasteiger partial charge < -0.3 is 14.9 Å². The molecule has 0 aromatic carbocycles. The monoisotopic (exact) mass is 216 g/mol. The topological polar surface area (TPSA) is 59.6 Å². The van der Waals surface area contributed by atoms with E-state index in [0.29, 0.717) is 6.61 Å². The summed E-state index contributed by atoms with van der Waals surface area (Å²) in [6, 6.07) is 0.0769. The van der Waals surface area contributed by atoms with E-state index in [1.807, 2.05) is 20.8 Å². The Morgan fingerprint density at radius 1 is 1.47 bits per heavy atom. The third-order valence-electron chi connectivity index (χ3n) is 1.93. The Hall–Kier alpha value is -0.810. The number of amides is 1. The van der Waals surface area contributed by atoms with Gasteiger partial charge in [-0.2, -0.15) is 0 Å². The lowest BCUT2D eigenvalue weighted by Gasteiger charge is -2.24. The predicted octanol–water partition coefficient (Wildman–Crippen LogP) is 1.19. The molecule has 0 spiro atoms. The lowest BCUT2D eigenvalue weighted by molar-refractivity contribution is 0.0318. The first kappa shape index (κ1) is 12.3. The molecule has 1 aliphatic rings. The van der Waals surface area contributed by atoms with Crippen LogP contribution < -0.4 is 10.8 Å². The van der Waals surface area contributed by atoms with Gasteiger partial charge in [-0.25, -0.2) is 4.79 Å². The Labute approximate surface area is 90.5 Å². The first-order chi connectivity index (χ1) is 6.97. The molecule has 1 unspecified atom stereocenters. The molecule has 1 fully saturated rings. The van der Waals surface area contributed by atoms with Crippen LogP contribution in [-0.4, -0.2) is 30.9 Å². The van der Waals surface area contributed by atoms with E-state index in [4.69, 9.17) is 9.57 Å². The Kier molecular flexibility index (Phi) is 4.35. The Morgan fingerprint density at radius 3 is 2.73 bits per heavy atom. The first-order valence-electron chi connectivity index (χ1n) is 5.29. The first-order valence-corrected chi connectivity index (χ1v) is 5.29. The summed E-state index contributed by atoms with van der Waals surface area (Å²) in [5.74, 6) is 0. The van der Waals surface area contributed by atoms with Crippen LogP contribution in [0.3, 0.4) is 0 Å². The van der Waals surface area contributed by atoms with Gasteiger partial charge in [0.25, 0.3) is 0 Å². The quantitative estimate of drug-likeness (QED) is 0.681. The van der Waals surface area contributed by atoms with E-state index in [0.717, 1.165) is 19.4 Å². The van der Waals surface area contributed by atoms with Gasteiger partial charge in [-0.15, -0.1) is 5.48 Å². The number of carbonyl (C=O) groups excluding carboxylic acids is 1. The Balaban J connectivity index is 2.17. The van der Waals surface area contributed by atoms with Gasteiger partial charge in [-0.05, 0) is 33.6 Å². The zero-order valence-corrected chi connectivity index (χ0v) is 9.63. The van der Waals surface area contributed by atoms with Crippen LogP contribution in [0.5, 0.6) is 0 Å². The van der Waals surface area contributed by atoms with Crippen LogP contribution in [-0.2, 0) is 9.57 Å². The smallest absolute Gasteiger partial charge is 0.379 e. The third kappa shape index (κ3) is 5.59. The molecule has 5 heteroatoms. The van der Waals surface area contributed by atoms with Gasteiger partial charge in [0, 0.05) is 12.1 Å². The highest BCUT2D eigenvalue weighted by Crippen LogP contribution is 2.06. The van der Waals surface area contributed by atoms with Gasteiger partial charge in [0.1, 0.15) is 0 Å². The van der Waals surface area contributed by atoms with Gasteiger partial charge in [-0.1, -0.05) is 0 Å². The normalized spacial score (nSPS) is 22.2. The maximum Gasteiger partial charge on any atom is 0.426 e. The summed E-state index contributed by atoms with van der Waals surface area (Å²) in [4.78, 5) is 16.2. The van der Waals surface area contributed by atoms with E-state index in [-0.39, 0.29) is 11.6 Å². The highest BCUT2D eigenvalue weighted by Gasteiger charge is 2.18. The molecular formula is C10H20N2O3. The molecule has 1 rings (SSSR count).